The Hall–Kier alpha value is -3.93. The molecule has 1 aromatic carbocycles. The van der Waals surface area contributed by atoms with E-state index >= 15 is 0 Å². The normalized spacial score (nSPS) is 13.6. The van der Waals surface area contributed by atoms with Crippen molar-refractivity contribution in [3.05, 3.63) is 36.0 Å². The quantitative estimate of drug-likeness (QED) is 0.208. The van der Waals surface area contributed by atoms with E-state index in [1.54, 1.807) is 6.20 Å². The van der Waals surface area contributed by atoms with Gasteiger partial charge in [0, 0.05) is 23.5 Å². The molecule has 0 aliphatic heterocycles. The second kappa shape index (κ2) is 10.9. The maximum Gasteiger partial charge on any atom is 0.326 e. The van der Waals surface area contributed by atoms with Crippen molar-refractivity contribution in [2.45, 2.75) is 37.9 Å². The van der Waals surface area contributed by atoms with Gasteiger partial charge in [-0.05, 0) is 18.6 Å². The second-order valence-electron chi connectivity index (χ2n) is 7.26. The SMILES string of the molecule is CC(N)C(=O)NC(CC(N)=O)C(=O)NCC(=O)NC(Cc1c[nH]c2ccccc12)C(=O)O. The molecule has 2 rings (SSSR count). The molecule has 3 atom stereocenters. The van der Waals surface area contributed by atoms with Crippen LogP contribution in [0.25, 0.3) is 10.9 Å². The van der Waals surface area contributed by atoms with Crippen molar-refractivity contribution in [2.24, 2.45) is 11.5 Å². The number of carbonyl (C=O) groups is 5. The number of carboxylic acids is 1. The maximum atomic E-state index is 12.3. The van der Waals surface area contributed by atoms with Gasteiger partial charge in [-0.3, -0.25) is 19.2 Å². The summed E-state index contributed by atoms with van der Waals surface area (Å²) in [4.78, 5) is 62.1. The molecule has 9 N–H and O–H groups in total. The largest absolute Gasteiger partial charge is 0.480 e. The van der Waals surface area contributed by atoms with Crippen molar-refractivity contribution in [2.75, 3.05) is 6.54 Å². The fraction of sp³-hybridized carbons (Fsp3) is 0.350. The summed E-state index contributed by atoms with van der Waals surface area (Å²) in [6, 6.07) is 3.84. The average molecular weight is 446 g/mol. The number of hydrogen-bond donors (Lipinski definition) is 7. The first-order chi connectivity index (χ1) is 15.1. The van der Waals surface area contributed by atoms with Gasteiger partial charge < -0.3 is 37.5 Å². The predicted molar refractivity (Wildman–Crippen MR) is 114 cm³/mol. The molecule has 4 amide bonds. The third kappa shape index (κ3) is 6.80. The molecule has 1 aromatic heterocycles. The van der Waals surface area contributed by atoms with Gasteiger partial charge in [-0.2, -0.15) is 0 Å². The van der Waals surface area contributed by atoms with Gasteiger partial charge in [-0.15, -0.1) is 0 Å². The van der Waals surface area contributed by atoms with Gasteiger partial charge >= 0.3 is 5.97 Å². The van der Waals surface area contributed by atoms with Gasteiger partial charge in [-0.25, -0.2) is 4.79 Å². The average Bonchev–Trinajstić information content (AvgIpc) is 3.13. The number of aliphatic carboxylic acids is 1. The molecule has 0 aliphatic carbocycles. The van der Waals surface area contributed by atoms with Crippen molar-refractivity contribution < 1.29 is 29.1 Å². The van der Waals surface area contributed by atoms with Gasteiger partial charge in [0.25, 0.3) is 0 Å². The predicted octanol–water partition coefficient (Wildman–Crippen LogP) is -1.90. The second-order valence-corrected chi connectivity index (χ2v) is 7.26. The first-order valence-electron chi connectivity index (χ1n) is 9.77. The molecule has 0 fully saturated rings. The monoisotopic (exact) mass is 446 g/mol. The lowest BCUT2D eigenvalue weighted by Crippen LogP contribution is -2.54. The number of nitrogens with two attached hydrogens (primary N) is 2. The van der Waals surface area contributed by atoms with Gasteiger partial charge in [-0.1, -0.05) is 18.2 Å². The third-order valence-electron chi connectivity index (χ3n) is 4.61. The highest BCUT2D eigenvalue weighted by molar-refractivity contribution is 5.95. The molecular weight excluding hydrogens is 420 g/mol. The van der Waals surface area contributed by atoms with Crippen molar-refractivity contribution in [3.63, 3.8) is 0 Å². The minimum Gasteiger partial charge on any atom is -0.480 e. The molecule has 3 unspecified atom stereocenters. The fourth-order valence-electron chi connectivity index (χ4n) is 2.97. The van der Waals surface area contributed by atoms with Crippen LogP contribution in [0.4, 0.5) is 0 Å². The number of aromatic amines is 1. The minimum absolute atomic E-state index is 0.0216. The van der Waals surface area contributed by atoms with Crippen molar-refractivity contribution >= 4 is 40.5 Å². The number of nitrogens with one attached hydrogen (secondary N) is 4. The highest BCUT2D eigenvalue weighted by Gasteiger charge is 2.26. The summed E-state index contributed by atoms with van der Waals surface area (Å²) in [5.41, 5.74) is 12.1. The molecule has 0 bridgehead atoms. The molecule has 0 radical (unpaired) electrons. The Bertz CT molecular complexity index is 1020. The number of carbonyl (C=O) groups excluding carboxylic acids is 4. The van der Waals surface area contributed by atoms with Crippen LogP contribution in [0.5, 0.6) is 0 Å². The highest BCUT2D eigenvalue weighted by Crippen LogP contribution is 2.19. The number of benzene rings is 1. The van der Waals surface area contributed by atoms with E-state index in [4.69, 9.17) is 11.5 Å². The smallest absolute Gasteiger partial charge is 0.326 e. The molecule has 0 saturated carbocycles. The van der Waals surface area contributed by atoms with Crippen molar-refractivity contribution in [1.29, 1.82) is 0 Å². The number of primary amides is 1. The Labute approximate surface area is 183 Å². The van der Waals surface area contributed by atoms with E-state index in [1.165, 1.54) is 6.92 Å². The number of para-hydroxylation sites is 1. The standard InChI is InChI=1S/C20H26N6O6/c1-10(21)18(29)26-14(7-16(22)27)19(30)24-9-17(28)25-15(20(31)32)6-11-8-23-13-5-3-2-4-12(11)13/h2-5,8,10,14-15,23H,6-7,9,21H2,1H3,(H2,22,27)(H,24,30)(H,25,28)(H,26,29)(H,31,32). The molecule has 2 aromatic rings. The van der Waals surface area contributed by atoms with Crippen LogP contribution >= 0.6 is 0 Å². The van der Waals surface area contributed by atoms with Crippen LogP contribution in [0, 0.1) is 0 Å². The van der Waals surface area contributed by atoms with E-state index in [0.717, 1.165) is 10.9 Å². The number of rotatable bonds is 11. The zero-order chi connectivity index (χ0) is 23.8. The number of H-pyrrole nitrogens is 1. The maximum absolute atomic E-state index is 12.3. The number of hydrogen-bond acceptors (Lipinski definition) is 6. The lowest BCUT2D eigenvalue weighted by atomic mass is 10.0. The van der Waals surface area contributed by atoms with Gasteiger partial charge in [0.1, 0.15) is 12.1 Å². The van der Waals surface area contributed by atoms with E-state index in [2.05, 4.69) is 20.9 Å². The fourth-order valence-corrected chi connectivity index (χ4v) is 2.97. The number of amides is 4. The summed E-state index contributed by atoms with van der Waals surface area (Å²) in [6.45, 7) is 0.821. The van der Waals surface area contributed by atoms with E-state index in [9.17, 15) is 29.1 Å². The van der Waals surface area contributed by atoms with E-state index in [0.29, 0.717) is 5.56 Å². The molecule has 1 heterocycles. The summed E-state index contributed by atoms with van der Waals surface area (Å²) in [5, 5.41) is 17.2. The third-order valence-corrected chi connectivity index (χ3v) is 4.61. The Kier molecular flexibility index (Phi) is 8.30. The van der Waals surface area contributed by atoms with Crippen LogP contribution in [0.3, 0.4) is 0 Å². The van der Waals surface area contributed by atoms with Crippen LogP contribution in [-0.2, 0) is 30.4 Å². The van der Waals surface area contributed by atoms with Crippen LogP contribution in [0.15, 0.2) is 30.5 Å². The number of carboxylic acid groups (broad SMARTS) is 1. The van der Waals surface area contributed by atoms with E-state index in [-0.39, 0.29) is 6.42 Å². The number of fused-ring (bicyclic) bond motifs is 1. The summed E-state index contributed by atoms with van der Waals surface area (Å²) >= 11 is 0. The van der Waals surface area contributed by atoms with Crippen LogP contribution in [0.1, 0.15) is 18.9 Å². The minimum atomic E-state index is -1.32. The molecule has 172 valence electrons. The Morgan fingerprint density at radius 1 is 1.06 bits per heavy atom. The summed E-state index contributed by atoms with van der Waals surface area (Å²) in [6.07, 6.45) is 1.20. The lowest BCUT2D eigenvalue weighted by Gasteiger charge is -2.19. The van der Waals surface area contributed by atoms with Gasteiger partial charge in [0.05, 0.1) is 19.0 Å². The Morgan fingerprint density at radius 3 is 2.38 bits per heavy atom. The molecule has 0 aliphatic rings. The lowest BCUT2D eigenvalue weighted by molar-refractivity contribution is -0.141. The van der Waals surface area contributed by atoms with Crippen molar-refractivity contribution in [1.82, 2.24) is 20.9 Å². The van der Waals surface area contributed by atoms with Crippen LogP contribution in [-0.4, -0.2) is 64.4 Å². The molecule has 12 nitrogen and oxygen atoms in total. The number of aromatic nitrogens is 1. The molecule has 12 heteroatoms. The molecular formula is C20H26N6O6. The van der Waals surface area contributed by atoms with Gasteiger partial charge in [0.2, 0.25) is 23.6 Å². The molecule has 32 heavy (non-hydrogen) atoms. The van der Waals surface area contributed by atoms with Crippen LogP contribution in [0.2, 0.25) is 0 Å². The van der Waals surface area contributed by atoms with E-state index < -0.39 is 60.7 Å². The van der Waals surface area contributed by atoms with Gasteiger partial charge in [0.15, 0.2) is 0 Å². The molecule has 0 spiro atoms. The topological polar surface area (TPSA) is 209 Å². The Balaban J connectivity index is 1.97. The summed E-state index contributed by atoms with van der Waals surface area (Å²) in [7, 11) is 0. The zero-order valence-corrected chi connectivity index (χ0v) is 17.4. The molecule has 0 saturated heterocycles. The highest BCUT2D eigenvalue weighted by atomic mass is 16.4. The first-order valence-corrected chi connectivity index (χ1v) is 9.77. The van der Waals surface area contributed by atoms with Crippen LogP contribution < -0.4 is 27.4 Å². The summed E-state index contributed by atoms with van der Waals surface area (Å²) < 4.78 is 0. The first kappa shape index (κ1) is 24.3. The van der Waals surface area contributed by atoms with E-state index in [1.807, 2.05) is 24.3 Å². The van der Waals surface area contributed by atoms with Crippen molar-refractivity contribution in [3.8, 4) is 0 Å². The Morgan fingerprint density at radius 2 is 1.75 bits per heavy atom. The summed E-state index contributed by atoms with van der Waals surface area (Å²) in [5.74, 6) is -4.37. The zero-order valence-electron chi connectivity index (χ0n) is 17.4.